The average molecular weight is 417 g/mol. The second kappa shape index (κ2) is 7.76. The molecule has 1 saturated heterocycles. The van der Waals surface area contributed by atoms with Crippen LogP contribution in [-0.2, 0) is 11.3 Å². The first-order valence-corrected chi connectivity index (χ1v) is 9.28. The van der Waals surface area contributed by atoms with Crippen molar-refractivity contribution in [3.63, 3.8) is 0 Å². The van der Waals surface area contributed by atoms with Gasteiger partial charge in [0.05, 0.1) is 29.4 Å². The molecule has 3 aromatic rings. The Bertz CT molecular complexity index is 1310. The molecule has 2 heterocycles. The Morgan fingerprint density at radius 2 is 1.74 bits per heavy atom. The molecule has 1 aromatic heterocycles. The van der Waals surface area contributed by atoms with Crippen LogP contribution < -0.4 is 10.9 Å². The number of hydrogen-bond donors (Lipinski definition) is 2. The first kappa shape index (κ1) is 19.8. The van der Waals surface area contributed by atoms with E-state index in [1.807, 2.05) is 6.07 Å². The molecule has 0 spiro atoms. The highest BCUT2D eigenvalue weighted by atomic mass is 19.1. The molecule has 2 aromatic carbocycles. The summed E-state index contributed by atoms with van der Waals surface area (Å²) in [6.07, 6.45) is 1.33. The van der Waals surface area contributed by atoms with Crippen molar-refractivity contribution in [1.82, 2.24) is 20.0 Å². The Morgan fingerprint density at radius 1 is 1.06 bits per heavy atom. The lowest BCUT2D eigenvalue weighted by Crippen LogP contribution is -2.30. The van der Waals surface area contributed by atoms with Crippen molar-refractivity contribution in [3.8, 4) is 11.8 Å². The molecular formula is C22H16FN5O3. The monoisotopic (exact) mass is 417 g/mol. The molecule has 9 heteroatoms. The predicted octanol–water partition coefficient (Wildman–Crippen LogP) is 2.58. The lowest BCUT2D eigenvalue weighted by Gasteiger charge is -2.11. The summed E-state index contributed by atoms with van der Waals surface area (Å²) in [5, 5.41) is 14.2. The van der Waals surface area contributed by atoms with Crippen molar-refractivity contribution < 1.29 is 14.0 Å². The van der Waals surface area contributed by atoms with Gasteiger partial charge in [0.15, 0.2) is 0 Å². The van der Waals surface area contributed by atoms with E-state index in [2.05, 4.69) is 10.4 Å². The second-order valence-corrected chi connectivity index (χ2v) is 6.96. The van der Waals surface area contributed by atoms with E-state index in [0.717, 1.165) is 4.90 Å². The number of nitrogens with zero attached hydrogens (tertiary/aromatic N) is 3. The number of halogens is 1. The lowest BCUT2D eigenvalue weighted by molar-refractivity contribution is -0.123. The summed E-state index contributed by atoms with van der Waals surface area (Å²) >= 11 is 0. The number of carbonyl (C=O) groups is 2. The first-order chi connectivity index (χ1) is 14.9. The Labute approximate surface area is 175 Å². The van der Waals surface area contributed by atoms with Gasteiger partial charge in [-0.25, -0.2) is 13.9 Å². The van der Waals surface area contributed by atoms with Gasteiger partial charge in [-0.3, -0.25) is 19.6 Å². The van der Waals surface area contributed by atoms with Gasteiger partial charge in [0.25, 0.3) is 11.5 Å². The van der Waals surface area contributed by atoms with Crippen molar-refractivity contribution in [2.24, 2.45) is 0 Å². The van der Waals surface area contributed by atoms with Gasteiger partial charge in [-0.05, 0) is 55.0 Å². The number of carbonyl (C=O) groups excluding carboxylic acids is 2. The number of benzene rings is 2. The minimum atomic E-state index is -0.604. The molecular weight excluding hydrogens is 401 g/mol. The van der Waals surface area contributed by atoms with Crippen LogP contribution in [0, 0.1) is 24.1 Å². The zero-order chi connectivity index (χ0) is 22.1. The maximum atomic E-state index is 13.2. The Hall–Kier alpha value is -4.45. The quantitative estimate of drug-likeness (QED) is 0.502. The highest BCUT2D eigenvalue weighted by Crippen LogP contribution is 2.18. The lowest BCUT2D eigenvalue weighted by atomic mass is 10.1. The molecule has 0 unspecified atom stereocenters. The summed E-state index contributed by atoms with van der Waals surface area (Å²) in [7, 11) is 0. The number of nitrogens with one attached hydrogen (secondary N) is 2. The SMILES string of the molecule is Cc1[nH]n(-c2ccc(F)cc2)c(=O)c1C=C1NC(=O)N(Cc2ccc(C#N)cc2)C1=O. The smallest absolute Gasteiger partial charge is 0.303 e. The molecule has 0 aliphatic carbocycles. The second-order valence-electron chi connectivity index (χ2n) is 6.96. The summed E-state index contributed by atoms with van der Waals surface area (Å²) in [5.41, 5.74) is 1.81. The van der Waals surface area contributed by atoms with Gasteiger partial charge in [0.1, 0.15) is 11.5 Å². The normalized spacial score (nSPS) is 14.7. The van der Waals surface area contributed by atoms with Gasteiger partial charge in [0, 0.05) is 5.69 Å². The largest absolute Gasteiger partial charge is 0.329 e. The van der Waals surface area contributed by atoms with E-state index in [1.165, 1.54) is 35.0 Å². The maximum absolute atomic E-state index is 13.2. The van der Waals surface area contributed by atoms with Crippen molar-refractivity contribution in [3.05, 3.63) is 92.8 Å². The van der Waals surface area contributed by atoms with Crippen LogP contribution in [0.5, 0.6) is 0 Å². The van der Waals surface area contributed by atoms with Gasteiger partial charge >= 0.3 is 6.03 Å². The predicted molar refractivity (Wildman–Crippen MR) is 109 cm³/mol. The Balaban J connectivity index is 1.61. The van der Waals surface area contributed by atoms with Gasteiger partial charge in [-0.2, -0.15) is 5.26 Å². The van der Waals surface area contributed by atoms with Crippen molar-refractivity contribution >= 4 is 18.0 Å². The van der Waals surface area contributed by atoms with Crippen LogP contribution in [0.1, 0.15) is 22.4 Å². The highest BCUT2D eigenvalue weighted by molar-refractivity contribution is 6.13. The maximum Gasteiger partial charge on any atom is 0.329 e. The third kappa shape index (κ3) is 3.74. The van der Waals surface area contributed by atoms with Gasteiger partial charge in [0.2, 0.25) is 0 Å². The van der Waals surface area contributed by atoms with Crippen LogP contribution in [0.3, 0.4) is 0 Å². The molecule has 0 radical (unpaired) electrons. The van der Waals surface area contributed by atoms with Crippen LogP contribution in [0.25, 0.3) is 11.8 Å². The number of imide groups is 1. The number of hydrogen-bond acceptors (Lipinski definition) is 4. The molecule has 4 rings (SSSR count). The Morgan fingerprint density at radius 3 is 2.39 bits per heavy atom. The third-order valence-corrected chi connectivity index (χ3v) is 4.88. The number of aromatic amines is 1. The van der Waals surface area contributed by atoms with E-state index in [1.54, 1.807) is 31.2 Å². The molecule has 0 bridgehead atoms. The molecule has 154 valence electrons. The van der Waals surface area contributed by atoms with Crippen LogP contribution in [0.4, 0.5) is 9.18 Å². The van der Waals surface area contributed by atoms with E-state index >= 15 is 0 Å². The molecule has 8 nitrogen and oxygen atoms in total. The zero-order valence-corrected chi connectivity index (χ0v) is 16.3. The van der Waals surface area contributed by atoms with Crippen LogP contribution >= 0.6 is 0 Å². The molecule has 2 N–H and O–H groups in total. The van der Waals surface area contributed by atoms with E-state index in [9.17, 15) is 18.8 Å². The fourth-order valence-electron chi connectivity index (χ4n) is 3.23. The number of urea groups is 1. The fourth-order valence-corrected chi connectivity index (χ4v) is 3.23. The summed E-state index contributed by atoms with van der Waals surface area (Å²) < 4.78 is 14.4. The summed E-state index contributed by atoms with van der Waals surface area (Å²) in [6, 6.07) is 13.3. The highest BCUT2D eigenvalue weighted by Gasteiger charge is 2.34. The van der Waals surface area contributed by atoms with E-state index in [-0.39, 0.29) is 17.8 Å². The summed E-state index contributed by atoms with van der Waals surface area (Å²) in [6.45, 7) is 1.68. The average Bonchev–Trinajstić information content (AvgIpc) is 3.19. The topological polar surface area (TPSA) is 111 Å². The van der Waals surface area contributed by atoms with Gasteiger partial charge in [-0.15, -0.1) is 0 Å². The molecule has 31 heavy (non-hydrogen) atoms. The number of H-pyrrole nitrogens is 1. The third-order valence-electron chi connectivity index (χ3n) is 4.88. The van der Waals surface area contributed by atoms with Crippen LogP contribution in [0.15, 0.2) is 59.0 Å². The van der Waals surface area contributed by atoms with Crippen LogP contribution in [-0.4, -0.2) is 26.6 Å². The van der Waals surface area contributed by atoms with Crippen molar-refractivity contribution in [2.45, 2.75) is 13.5 Å². The molecule has 3 amide bonds. The van der Waals surface area contributed by atoms with E-state index in [0.29, 0.717) is 22.5 Å². The van der Waals surface area contributed by atoms with Crippen LogP contribution in [0.2, 0.25) is 0 Å². The molecule has 1 fully saturated rings. The van der Waals surface area contributed by atoms with Crippen molar-refractivity contribution in [1.29, 1.82) is 5.26 Å². The number of nitriles is 1. The zero-order valence-electron chi connectivity index (χ0n) is 16.3. The molecule has 1 aliphatic rings. The van der Waals surface area contributed by atoms with Crippen molar-refractivity contribution in [2.75, 3.05) is 0 Å². The van der Waals surface area contributed by atoms with Gasteiger partial charge < -0.3 is 5.32 Å². The molecule has 1 aliphatic heterocycles. The molecule has 0 saturated carbocycles. The number of aryl methyl sites for hydroxylation is 1. The van der Waals surface area contributed by atoms with Gasteiger partial charge in [-0.1, -0.05) is 12.1 Å². The minimum absolute atomic E-state index is 0.0240. The number of amides is 3. The fraction of sp³-hybridized carbons (Fsp3) is 0.0909. The summed E-state index contributed by atoms with van der Waals surface area (Å²) in [4.78, 5) is 38.9. The number of aromatic nitrogens is 2. The Kier molecular flexibility index (Phi) is 4.97. The minimum Gasteiger partial charge on any atom is -0.303 e. The standard InChI is InChI=1S/C22H16FN5O3/c1-13-18(20(29)28(26-13)17-8-6-16(23)7-9-17)10-19-21(30)27(22(31)25-19)12-15-4-2-14(11-24)3-5-15/h2-10,26H,12H2,1H3,(H,25,31). The first-order valence-electron chi connectivity index (χ1n) is 9.28. The van der Waals surface area contributed by atoms with E-state index in [4.69, 9.17) is 5.26 Å². The number of rotatable bonds is 4. The summed E-state index contributed by atoms with van der Waals surface area (Å²) in [5.74, 6) is -0.994. The molecule has 0 atom stereocenters. The van der Waals surface area contributed by atoms with E-state index < -0.39 is 23.3 Å².